The Morgan fingerprint density at radius 2 is 1.86 bits per heavy atom. The van der Waals surface area contributed by atoms with Crippen LogP contribution < -0.4 is 9.46 Å². The van der Waals surface area contributed by atoms with Crippen LogP contribution in [0.2, 0.25) is 0 Å². The number of nitrogens with zero attached hydrogens (tertiary/aromatic N) is 1. The van der Waals surface area contributed by atoms with Crippen LogP contribution in [0.3, 0.4) is 0 Å². The molecule has 0 atom stereocenters. The summed E-state index contributed by atoms with van der Waals surface area (Å²) in [5.74, 6) is 0.254. The first-order valence-corrected chi connectivity index (χ1v) is 7.73. The van der Waals surface area contributed by atoms with E-state index in [4.69, 9.17) is 4.74 Å². The van der Waals surface area contributed by atoms with Gasteiger partial charge in [-0.2, -0.15) is 17.4 Å². The molecule has 0 aliphatic heterocycles. The van der Waals surface area contributed by atoms with Crippen molar-refractivity contribution in [3.8, 4) is 5.75 Å². The maximum atomic E-state index is 12.0. The van der Waals surface area contributed by atoms with Gasteiger partial charge in [-0.3, -0.25) is 4.79 Å². The Balaban J connectivity index is 2.52. The van der Waals surface area contributed by atoms with Crippen molar-refractivity contribution in [1.82, 2.24) is 9.03 Å². The van der Waals surface area contributed by atoms with Crippen molar-refractivity contribution in [3.63, 3.8) is 0 Å². The number of esters is 1. The molecule has 0 spiro atoms. The smallest absolute Gasteiger partial charge is 0.306 e. The largest absolute Gasteiger partial charge is 0.497 e. The van der Waals surface area contributed by atoms with E-state index in [-0.39, 0.29) is 19.5 Å². The second-order valence-corrected chi connectivity index (χ2v) is 6.18. The van der Waals surface area contributed by atoms with Crippen LogP contribution in [0, 0.1) is 0 Å². The molecule has 118 valence electrons. The van der Waals surface area contributed by atoms with Crippen LogP contribution in [0.5, 0.6) is 5.75 Å². The molecule has 0 amide bonds. The van der Waals surface area contributed by atoms with Gasteiger partial charge in [0.25, 0.3) is 10.2 Å². The number of hydrogen-bond donors (Lipinski definition) is 1. The predicted molar refractivity (Wildman–Crippen MR) is 78.0 cm³/mol. The van der Waals surface area contributed by atoms with Gasteiger partial charge < -0.3 is 9.47 Å². The minimum absolute atomic E-state index is 0.0104. The molecular weight excluding hydrogens is 296 g/mol. The minimum Gasteiger partial charge on any atom is -0.497 e. The molecule has 7 nitrogen and oxygen atoms in total. The molecule has 8 heteroatoms. The summed E-state index contributed by atoms with van der Waals surface area (Å²) in [7, 11) is 0.594. The van der Waals surface area contributed by atoms with E-state index in [0.29, 0.717) is 5.75 Å². The van der Waals surface area contributed by atoms with E-state index in [1.54, 1.807) is 31.4 Å². The molecule has 0 radical (unpaired) electrons. The van der Waals surface area contributed by atoms with Gasteiger partial charge in [0.2, 0.25) is 0 Å². The van der Waals surface area contributed by atoms with Gasteiger partial charge in [0.05, 0.1) is 20.6 Å². The van der Waals surface area contributed by atoms with E-state index in [2.05, 4.69) is 9.46 Å². The lowest BCUT2D eigenvalue weighted by atomic mass is 10.2. The molecule has 0 bridgehead atoms. The Morgan fingerprint density at radius 1 is 1.24 bits per heavy atom. The number of methoxy groups -OCH3 is 2. The summed E-state index contributed by atoms with van der Waals surface area (Å²) in [5, 5.41) is 0. The molecule has 1 aromatic rings. The molecule has 0 unspecified atom stereocenters. The third kappa shape index (κ3) is 5.70. The van der Waals surface area contributed by atoms with E-state index in [1.807, 2.05) is 0 Å². The van der Waals surface area contributed by atoms with E-state index < -0.39 is 16.2 Å². The highest BCUT2D eigenvalue weighted by Gasteiger charge is 2.18. The zero-order valence-corrected chi connectivity index (χ0v) is 13.1. The molecule has 0 aliphatic carbocycles. The molecule has 0 saturated carbocycles. The summed E-state index contributed by atoms with van der Waals surface area (Å²) >= 11 is 0. The first-order valence-electron chi connectivity index (χ1n) is 6.29. The summed E-state index contributed by atoms with van der Waals surface area (Å²) in [6.45, 7) is 0.222. The van der Waals surface area contributed by atoms with Crippen LogP contribution in [-0.2, 0) is 26.3 Å². The highest BCUT2D eigenvalue weighted by Crippen LogP contribution is 2.11. The summed E-state index contributed by atoms with van der Waals surface area (Å²) in [6.07, 6.45) is 0.0104. The molecule has 0 fully saturated rings. The molecule has 21 heavy (non-hydrogen) atoms. The van der Waals surface area contributed by atoms with Crippen LogP contribution in [-0.4, -0.2) is 46.5 Å². The number of hydrogen-bond acceptors (Lipinski definition) is 5. The normalized spacial score (nSPS) is 11.4. The lowest BCUT2D eigenvalue weighted by molar-refractivity contribution is -0.140. The Bertz CT molecular complexity index is 556. The number of ether oxygens (including phenoxy) is 2. The van der Waals surface area contributed by atoms with Crippen LogP contribution in [0.4, 0.5) is 0 Å². The van der Waals surface area contributed by atoms with Crippen molar-refractivity contribution in [2.45, 2.75) is 13.0 Å². The number of benzene rings is 1. The second-order valence-electron chi connectivity index (χ2n) is 4.32. The van der Waals surface area contributed by atoms with Crippen LogP contribution in [0.15, 0.2) is 24.3 Å². The monoisotopic (exact) mass is 316 g/mol. The van der Waals surface area contributed by atoms with Crippen molar-refractivity contribution < 1.29 is 22.7 Å². The lowest BCUT2D eigenvalue weighted by Gasteiger charge is -2.17. The van der Waals surface area contributed by atoms with E-state index in [1.165, 1.54) is 14.2 Å². The SMILES string of the molecule is COC(=O)CCN(C)S(=O)(=O)NCc1ccc(OC)cc1. The molecule has 1 N–H and O–H groups in total. The molecule has 0 aromatic heterocycles. The first-order chi connectivity index (χ1) is 9.89. The lowest BCUT2D eigenvalue weighted by Crippen LogP contribution is -2.38. The summed E-state index contributed by atoms with van der Waals surface area (Å²) in [6, 6.07) is 7.06. The van der Waals surface area contributed by atoms with Gasteiger partial charge >= 0.3 is 5.97 Å². The number of nitrogens with one attached hydrogen (secondary N) is 1. The Hall–Kier alpha value is -1.64. The van der Waals surface area contributed by atoms with Gasteiger partial charge in [-0.15, -0.1) is 0 Å². The third-order valence-electron chi connectivity index (χ3n) is 2.89. The van der Waals surface area contributed by atoms with Gasteiger partial charge in [-0.1, -0.05) is 12.1 Å². The van der Waals surface area contributed by atoms with Crippen molar-refractivity contribution in [1.29, 1.82) is 0 Å². The number of carbonyl (C=O) groups excluding carboxylic acids is 1. The molecule has 0 saturated heterocycles. The van der Waals surface area contributed by atoms with Gasteiger partial charge in [0.1, 0.15) is 5.75 Å². The Labute approximate surface area is 125 Å². The number of carbonyl (C=O) groups is 1. The van der Waals surface area contributed by atoms with Crippen molar-refractivity contribution in [2.24, 2.45) is 0 Å². The van der Waals surface area contributed by atoms with E-state index in [9.17, 15) is 13.2 Å². The summed E-state index contributed by atoms with van der Waals surface area (Å²) in [4.78, 5) is 11.0. The molecule has 0 aliphatic rings. The van der Waals surface area contributed by atoms with Crippen molar-refractivity contribution in [3.05, 3.63) is 29.8 Å². The van der Waals surface area contributed by atoms with E-state index >= 15 is 0 Å². The Morgan fingerprint density at radius 3 is 2.38 bits per heavy atom. The maximum Gasteiger partial charge on any atom is 0.306 e. The van der Waals surface area contributed by atoms with Gasteiger partial charge in [0, 0.05) is 20.1 Å². The molecular formula is C13H20N2O5S. The standard InChI is InChI=1S/C13H20N2O5S/c1-15(9-8-13(16)20-3)21(17,18)14-10-11-4-6-12(19-2)7-5-11/h4-7,14H,8-10H2,1-3H3. The Kier molecular flexibility index (Phi) is 6.60. The first kappa shape index (κ1) is 17.4. The van der Waals surface area contributed by atoms with Crippen LogP contribution in [0.25, 0.3) is 0 Å². The minimum atomic E-state index is -3.63. The highest BCUT2D eigenvalue weighted by molar-refractivity contribution is 7.87. The average Bonchev–Trinajstić information content (AvgIpc) is 2.50. The fourth-order valence-electron chi connectivity index (χ4n) is 1.50. The third-order valence-corrected chi connectivity index (χ3v) is 4.40. The van der Waals surface area contributed by atoms with E-state index in [0.717, 1.165) is 9.87 Å². The molecule has 0 heterocycles. The van der Waals surface area contributed by atoms with Crippen LogP contribution >= 0.6 is 0 Å². The number of rotatable bonds is 8. The van der Waals surface area contributed by atoms with Crippen LogP contribution in [0.1, 0.15) is 12.0 Å². The summed E-state index contributed by atoms with van der Waals surface area (Å²) in [5.41, 5.74) is 0.806. The highest BCUT2D eigenvalue weighted by atomic mass is 32.2. The van der Waals surface area contributed by atoms with Crippen molar-refractivity contribution >= 4 is 16.2 Å². The van der Waals surface area contributed by atoms with Gasteiger partial charge in [-0.25, -0.2) is 0 Å². The fraction of sp³-hybridized carbons (Fsp3) is 0.462. The second kappa shape index (κ2) is 7.96. The zero-order chi connectivity index (χ0) is 15.9. The van der Waals surface area contributed by atoms with Crippen molar-refractivity contribution in [2.75, 3.05) is 27.8 Å². The quantitative estimate of drug-likeness (QED) is 0.707. The van der Waals surface area contributed by atoms with Gasteiger partial charge in [0.15, 0.2) is 0 Å². The maximum absolute atomic E-state index is 12.0. The van der Waals surface area contributed by atoms with Gasteiger partial charge in [-0.05, 0) is 17.7 Å². The zero-order valence-electron chi connectivity index (χ0n) is 12.3. The molecule has 1 aromatic carbocycles. The summed E-state index contributed by atoms with van der Waals surface area (Å²) < 4.78 is 37.0. The average molecular weight is 316 g/mol. The molecule has 1 rings (SSSR count). The topological polar surface area (TPSA) is 84.9 Å². The fourth-order valence-corrected chi connectivity index (χ4v) is 2.40. The predicted octanol–water partition coefficient (Wildman–Crippen LogP) is 0.524.